The van der Waals surface area contributed by atoms with Crippen molar-refractivity contribution in [2.24, 2.45) is 5.92 Å². The molecule has 0 bridgehead atoms. The van der Waals surface area contributed by atoms with Gasteiger partial charge in [-0.1, -0.05) is 0 Å². The van der Waals surface area contributed by atoms with Gasteiger partial charge >= 0.3 is 12.4 Å². The van der Waals surface area contributed by atoms with E-state index in [1.807, 2.05) is 0 Å². The Balaban J connectivity index is 3.08. The maximum Gasteiger partial charge on any atom is 0.426 e. The SMILES string of the molecule is CC(C(Oc1ccc(F)cc1F)C(F)(F)F)C(F)(F)F. The van der Waals surface area contributed by atoms with Gasteiger partial charge in [-0.2, -0.15) is 26.3 Å². The number of ether oxygens (including phenoxy) is 1. The molecule has 0 amide bonds. The molecule has 2 unspecified atom stereocenters. The van der Waals surface area contributed by atoms with Crippen LogP contribution in [0.3, 0.4) is 0 Å². The van der Waals surface area contributed by atoms with Gasteiger partial charge in [0.2, 0.25) is 6.10 Å². The lowest BCUT2D eigenvalue weighted by atomic mass is 10.0. The predicted octanol–water partition coefficient (Wildman–Crippen LogP) is 4.47. The highest BCUT2D eigenvalue weighted by Gasteiger charge is 2.55. The van der Waals surface area contributed by atoms with Crippen molar-refractivity contribution in [3.8, 4) is 5.75 Å². The average molecular weight is 308 g/mol. The lowest BCUT2D eigenvalue weighted by Crippen LogP contribution is -2.46. The summed E-state index contributed by atoms with van der Waals surface area (Å²) in [7, 11) is 0. The van der Waals surface area contributed by atoms with Gasteiger partial charge in [-0.25, -0.2) is 8.78 Å². The Hall–Kier alpha value is -1.54. The molecule has 0 saturated carbocycles. The second-order valence-electron chi connectivity index (χ2n) is 3.99. The zero-order valence-electron chi connectivity index (χ0n) is 9.82. The largest absolute Gasteiger partial charge is 0.477 e. The summed E-state index contributed by atoms with van der Waals surface area (Å²) in [5.74, 6) is -6.63. The van der Waals surface area contributed by atoms with Crippen LogP contribution in [-0.4, -0.2) is 18.5 Å². The fourth-order valence-corrected chi connectivity index (χ4v) is 1.33. The van der Waals surface area contributed by atoms with Crippen LogP contribution >= 0.6 is 0 Å². The zero-order chi connectivity index (χ0) is 15.7. The summed E-state index contributed by atoms with van der Waals surface area (Å²) in [5, 5.41) is 0. The maximum absolute atomic E-state index is 13.1. The van der Waals surface area contributed by atoms with Crippen LogP contribution in [0.4, 0.5) is 35.1 Å². The van der Waals surface area contributed by atoms with E-state index in [4.69, 9.17) is 0 Å². The minimum atomic E-state index is -5.37. The predicted molar refractivity (Wildman–Crippen MR) is 52.0 cm³/mol. The van der Waals surface area contributed by atoms with E-state index in [0.29, 0.717) is 12.1 Å². The molecule has 9 heteroatoms. The first-order valence-electron chi connectivity index (χ1n) is 5.18. The van der Waals surface area contributed by atoms with E-state index in [2.05, 4.69) is 4.74 Å². The molecule has 0 aliphatic rings. The maximum atomic E-state index is 13.1. The van der Waals surface area contributed by atoms with Gasteiger partial charge in [-0.15, -0.1) is 0 Å². The first kappa shape index (κ1) is 16.5. The summed E-state index contributed by atoms with van der Waals surface area (Å²) in [4.78, 5) is 0. The number of hydrogen-bond acceptors (Lipinski definition) is 1. The van der Waals surface area contributed by atoms with E-state index in [9.17, 15) is 35.1 Å². The van der Waals surface area contributed by atoms with E-state index >= 15 is 0 Å². The topological polar surface area (TPSA) is 9.23 Å². The molecular formula is C11H8F8O. The lowest BCUT2D eigenvalue weighted by Gasteiger charge is -2.28. The van der Waals surface area contributed by atoms with Gasteiger partial charge in [0.15, 0.2) is 11.6 Å². The average Bonchev–Trinajstić information content (AvgIpc) is 2.24. The van der Waals surface area contributed by atoms with E-state index in [1.54, 1.807) is 0 Å². The highest BCUT2D eigenvalue weighted by Crippen LogP contribution is 2.38. The smallest absolute Gasteiger partial charge is 0.426 e. The minimum Gasteiger partial charge on any atom is -0.477 e. The molecule has 114 valence electrons. The first-order valence-corrected chi connectivity index (χ1v) is 5.18. The van der Waals surface area contributed by atoms with E-state index in [0.717, 1.165) is 0 Å². The van der Waals surface area contributed by atoms with Crippen molar-refractivity contribution < 1.29 is 39.9 Å². The number of halogens is 8. The van der Waals surface area contributed by atoms with E-state index < -0.39 is 41.8 Å². The molecule has 0 aliphatic carbocycles. The first-order chi connectivity index (χ1) is 8.93. The summed E-state index contributed by atoms with van der Waals surface area (Å²) < 4.78 is 105. The highest BCUT2D eigenvalue weighted by molar-refractivity contribution is 5.25. The van der Waals surface area contributed by atoms with Crippen molar-refractivity contribution in [3.05, 3.63) is 29.8 Å². The zero-order valence-corrected chi connectivity index (χ0v) is 9.82. The van der Waals surface area contributed by atoms with Crippen molar-refractivity contribution in [2.75, 3.05) is 0 Å². The number of benzene rings is 1. The van der Waals surface area contributed by atoms with Crippen LogP contribution < -0.4 is 4.74 Å². The molecule has 2 atom stereocenters. The fourth-order valence-electron chi connectivity index (χ4n) is 1.33. The number of hydrogen-bond donors (Lipinski definition) is 0. The van der Waals surface area contributed by atoms with Crippen LogP contribution in [0.25, 0.3) is 0 Å². The summed E-state index contributed by atoms with van der Waals surface area (Å²) in [6.45, 7) is 0.263. The molecule has 1 aromatic carbocycles. The molecule has 1 nitrogen and oxygen atoms in total. The quantitative estimate of drug-likeness (QED) is 0.749. The molecular weight excluding hydrogens is 300 g/mol. The van der Waals surface area contributed by atoms with Crippen molar-refractivity contribution in [3.63, 3.8) is 0 Å². The van der Waals surface area contributed by atoms with Crippen molar-refractivity contribution in [1.29, 1.82) is 0 Å². The molecule has 20 heavy (non-hydrogen) atoms. The molecule has 0 fully saturated rings. The minimum absolute atomic E-state index is 0.209. The Labute approximate surface area is 108 Å². The Morgan fingerprint density at radius 3 is 1.90 bits per heavy atom. The van der Waals surface area contributed by atoms with Gasteiger partial charge in [0.25, 0.3) is 0 Å². The normalized spacial score (nSPS) is 15.8. The Bertz CT molecular complexity index is 464. The third kappa shape index (κ3) is 3.97. The molecule has 0 radical (unpaired) electrons. The number of alkyl halides is 6. The second-order valence-corrected chi connectivity index (χ2v) is 3.99. The van der Waals surface area contributed by atoms with Gasteiger partial charge in [0.1, 0.15) is 5.82 Å². The van der Waals surface area contributed by atoms with Crippen LogP contribution in [0.15, 0.2) is 18.2 Å². The van der Waals surface area contributed by atoms with Gasteiger partial charge in [0.05, 0.1) is 5.92 Å². The monoisotopic (exact) mass is 308 g/mol. The highest BCUT2D eigenvalue weighted by atomic mass is 19.4. The van der Waals surface area contributed by atoms with Crippen molar-refractivity contribution >= 4 is 0 Å². The third-order valence-corrected chi connectivity index (χ3v) is 2.44. The molecule has 0 heterocycles. The summed E-state index contributed by atoms with van der Waals surface area (Å²) in [6.07, 6.45) is -13.8. The van der Waals surface area contributed by atoms with Gasteiger partial charge in [0, 0.05) is 6.07 Å². The molecule has 1 aromatic rings. The fraction of sp³-hybridized carbons (Fsp3) is 0.455. The van der Waals surface area contributed by atoms with E-state index in [-0.39, 0.29) is 13.0 Å². The van der Waals surface area contributed by atoms with Crippen molar-refractivity contribution in [1.82, 2.24) is 0 Å². The lowest BCUT2D eigenvalue weighted by molar-refractivity contribution is -0.263. The standard InChI is InChI=1S/C11H8F8O/c1-5(10(14,15)16)9(11(17,18)19)20-8-3-2-6(12)4-7(8)13/h2-5,9H,1H3. The molecule has 0 saturated heterocycles. The van der Waals surface area contributed by atoms with Crippen LogP contribution in [0.1, 0.15) is 6.92 Å². The Kier molecular flexibility index (Phi) is 4.50. The second kappa shape index (κ2) is 5.45. The Morgan fingerprint density at radius 2 is 1.50 bits per heavy atom. The summed E-state index contributed by atoms with van der Waals surface area (Å²) in [5.41, 5.74) is 0. The molecule has 0 spiro atoms. The summed E-state index contributed by atoms with van der Waals surface area (Å²) in [6, 6.07) is 1.28. The van der Waals surface area contributed by atoms with E-state index in [1.165, 1.54) is 0 Å². The summed E-state index contributed by atoms with van der Waals surface area (Å²) >= 11 is 0. The third-order valence-electron chi connectivity index (χ3n) is 2.44. The Morgan fingerprint density at radius 1 is 0.950 bits per heavy atom. The van der Waals surface area contributed by atoms with Gasteiger partial charge in [-0.05, 0) is 19.1 Å². The number of rotatable bonds is 3. The van der Waals surface area contributed by atoms with Crippen LogP contribution in [0.2, 0.25) is 0 Å². The van der Waals surface area contributed by atoms with Gasteiger partial charge < -0.3 is 4.74 Å². The molecule has 1 rings (SSSR count). The van der Waals surface area contributed by atoms with Crippen LogP contribution in [0, 0.1) is 17.6 Å². The molecule has 0 N–H and O–H groups in total. The van der Waals surface area contributed by atoms with Crippen LogP contribution in [-0.2, 0) is 0 Å². The van der Waals surface area contributed by atoms with Crippen LogP contribution in [0.5, 0.6) is 5.75 Å². The van der Waals surface area contributed by atoms with Crippen molar-refractivity contribution in [2.45, 2.75) is 25.4 Å². The molecule has 0 aliphatic heterocycles. The molecule has 0 aromatic heterocycles. The van der Waals surface area contributed by atoms with Gasteiger partial charge in [-0.3, -0.25) is 0 Å².